The number of anilines is 1. The van der Waals surface area contributed by atoms with Crippen LogP contribution in [-0.4, -0.2) is 40.3 Å². The fourth-order valence-electron chi connectivity index (χ4n) is 1.89. The fraction of sp³-hybridized carbons (Fsp3) is 0.364. The van der Waals surface area contributed by atoms with Crippen LogP contribution in [0.3, 0.4) is 0 Å². The highest BCUT2D eigenvalue weighted by molar-refractivity contribution is 7.99. The van der Waals surface area contributed by atoms with Crippen molar-refractivity contribution < 1.29 is 9.72 Å². The van der Waals surface area contributed by atoms with Gasteiger partial charge in [0.25, 0.3) is 11.6 Å². The zero-order valence-electron chi connectivity index (χ0n) is 10.2. The van der Waals surface area contributed by atoms with E-state index in [9.17, 15) is 14.9 Å². The Morgan fingerprint density at radius 2 is 2.11 bits per heavy atom. The highest BCUT2D eigenvalue weighted by atomic mass is 32.2. The van der Waals surface area contributed by atoms with E-state index in [-0.39, 0.29) is 17.3 Å². The Labute approximate surface area is 114 Å². The lowest BCUT2D eigenvalue weighted by Crippen LogP contribution is -2.37. The van der Waals surface area contributed by atoms with Crippen LogP contribution >= 0.6 is 11.8 Å². The smallest absolute Gasteiger partial charge is 0.293 e. The van der Waals surface area contributed by atoms with Crippen LogP contribution in [0.2, 0.25) is 0 Å². The van der Waals surface area contributed by atoms with Crippen molar-refractivity contribution in [3.05, 3.63) is 33.9 Å². The number of nitro benzene ring substituents is 1. The van der Waals surface area contributed by atoms with Gasteiger partial charge in [0, 0.05) is 36.2 Å². The van der Waals surface area contributed by atoms with Crippen molar-refractivity contribution in [1.29, 1.82) is 0 Å². The molecule has 0 bridgehead atoms. The highest BCUT2D eigenvalue weighted by Crippen LogP contribution is 2.25. The second kappa shape index (κ2) is 5.89. The van der Waals surface area contributed by atoms with Crippen molar-refractivity contribution in [3.63, 3.8) is 0 Å². The number of rotatable bonds is 3. The summed E-state index contributed by atoms with van der Waals surface area (Å²) < 4.78 is 0. The second-order valence-electron chi connectivity index (χ2n) is 4.04. The van der Waals surface area contributed by atoms with E-state index in [2.05, 4.69) is 5.43 Å². The molecule has 0 spiro atoms. The van der Waals surface area contributed by atoms with Crippen molar-refractivity contribution in [2.24, 2.45) is 5.84 Å². The standard InChI is InChI=1S/C11H14N4O3S/c12-13-9-7-8(1-2-10(9)15(17)18)11(16)14-3-5-19-6-4-14/h1-2,7,13H,3-6,12H2. The van der Waals surface area contributed by atoms with Crippen LogP contribution < -0.4 is 11.3 Å². The minimum atomic E-state index is -0.541. The largest absolute Gasteiger partial charge is 0.337 e. The van der Waals surface area contributed by atoms with Gasteiger partial charge in [0.1, 0.15) is 5.69 Å². The SMILES string of the molecule is NNc1cc(C(=O)N2CCSCC2)ccc1[N+](=O)[O-]. The third-order valence-corrected chi connectivity index (χ3v) is 3.84. The molecule has 0 radical (unpaired) electrons. The van der Waals surface area contributed by atoms with Gasteiger partial charge in [-0.2, -0.15) is 11.8 Å². The molecule has 1 aromatic carbocycles. The zero-order chi connectivity index (χ0) is 13.8. The molecular formula is C11H14N4O3S. The summed E-state index contributed by atoms with van der Waals surface area (Å²) in [6, 6.07) is 4.17. The molecular weight excluding hydrogens is 268 g/mol. The molecule has 0 aliphatic carbocycles. The molecule has 8 heteroatoms. The fourth-order valence-corrected chi connectivity index (χ4v) is 2.80. The maximum atomic E-state index is 12.2. The Bertz CT molecular complexity index is 503. The van der Waals surface area contributed by atoms with Crippen molar-refractivity contribution in [3.8, 4) is 0 Å². The number of benzene rings is 1. The third-order valence-electron chi connectivity index (χ3n) is 2.89. The third kappa shape index (κ3) is 2.96. The summed E-state index contributed by atoms with van der Waals surface area (Å²) in [4.78, 5) is 24.2. The Kier molecular flexibility index (Phi) is 4.23. The van der Waals surface area contributed by atoms with Gasteiger partial charge in [-0.15, -0.1) is 0 Å². The predicted molar refractivity (Wildman–Crippen MR) is 74.1 cm³/mol. The molecule has 1 aliphatic heterocycles. The number of nitrogens with one attached hydrogen (secondary N) is 1. The van der Waals surface area contributed by atoms with Gasteiger partial charge in [-0.25, -0.2) is 0 Å². The van der Waals surface area contributed by atoms with E-state index in [0.717, 1.165) is 11.5 Å². The second-order valence-corrected chi connectivity index (χ2v) is 5.26. The van der Waals surface area contributed by atoms with Crippen LogP contribution in [0.15, 0.2) is 18.2 Å². The van der Waals surface area contributed by atoms with Crippen molar-refractivity contribution in [2.45, 2.75) is 0 Å². The lowest BCUT2D eigenvalue weighted by Gasteiger charge is -2.26. The van der Waals surface area contributed by atoms with E-state index in [0.29, 0.717) is 18.7 Å². The summed E-state index contributed by atoms with van der Waals surface area (Å²) >= 11 is 1.81. The number of hydrogen-bond donors (Lipinski definition) is 2. The summed E-state index contributed by atoms with van der Waals surface area (Å²) in [6.07, 6.45) is 0. The maximum absolute atomic E-state index is 12.2. The van der Waals surface area contributed by atoms with Gasteiger partial charge in [0.05, 0.1) is 4.92 Å². The van der Waals surface area contributed by atoms with Gasteiger partial charge in [-0.3, -0.25) is 20.8 Å². The van der Waals surface area contributed by atoms with Gasteiger partial charge >= 0.3 is 0 Å². The molecule has 1 fully saturated rings. The molecule has 0 unspecified atom stereocenters. The first-order valence-electron chi connectivity index (χ1n) is 5.75. The molecule has 0 atom stereocenters. The Morgan fingerprint density at radius 3 is 2.68 bits per heavy atom. The highest BCUT2D eigenvalue weighted by Gasteiger charge is 2.21. The van der Waals surface area contributed by atoms with Gasteiger partial charge in [-0.1, -0.05) is 0 Å². The van der Waals surface area contributed by atoms with Crippen molar-refractivity contribution >= 4 is 29.0 Å². The minimum absolute atomic E-state index is 0.119. The first-order chi connectivity index (χ1) is 9.13. The molecule has 1 aromatic rings. The van der Waals surface area contributed by atoms with Crippen LogP contribution in [0.4, 0.5) is 11.4 Å². The van der Waals surface area contributed by atoms with E-state index in [1.54, 1.807) is 4.90 Å². The minimum Gasteiger partial charge on any atom is -0.337 e. The Balaban J connectivity index is 2.24. The zero-order valence-corrected chi connectivity index (χ0v) is 11.0. The van der Waals surface area contributed by atoms with Crippen LogP contribution in [0.5, 0.6) is 0 Å². The van der Waals surface area contributed by atoms with Crippen LogP contribution in [0.1, 0.15) is 10.4 Å². The molecule has 0 saturated carbocycles. The van der Waals surface area contributed by atoms with Crippen LogP contribution in [0.25, 0.3) is 0 Å². The Morgan fingerprint density at radius 1 is 1.42 bits per heavy atom. The summed E-state index contributed by atoms with van der Waals surface area (Å²) in [5.74, 6) is 6.97. The molecule has 1 aliphatic rings. The first-order valence-corrected chi connectivity index (χ1v) is 6.91. The summed E-state index contributed by atoms with van der Waals surface area (Å²) in [7, 11) is 0. The normalized spacial score (nSPS) is 15.1. The number of hydrogen-bond acceptors (Lipinski definition) is 6. The van der Waals surface area contributed by atoms with E-state index < -0.39 is 4.92 Å². The van der Waals surface area contributed by atoms with Gasteiger partial charge < -0.3 is 10.3 Å². The van der Waals surface area contributed by atoms with Gasteiger partial charge in [0.15, 0.2) is 0 Å². The lowest BCUT2D eigenvalue weighted by molar-refractivity contribution is -0.384. The number of carbonyl (C=O) groups excluding carboxylic acids is 1. The molecule has 7 nitrogen and oxygen atoms in total. The summed E-state index contributed by atoms with van der Waals surface area (Å²) in [5.41, 5.74) is 2.66. The van der Waals surface area contributed by atoms with E-state index in [4.69, 9.17) is 5.84 Å². The predicted octanol–water partition coefficient (Wildman–Crippen LogP) is 1.07. The number of nitrogens with zero attached hydrogens (tertiary/aromatic N) is 2. The molecule has 1 saturated heterocycles. The number of carbonyl (C=O) groups is 1. The topological polar surface area (TPSA) is 102 Å². The van der Waals surface area contributed by atoms with Gasteiger partial charge in [0.2, 0.25) is 0 Å². The number of nitrogens with two attached hydrogens (primary N) is 1. The molecule has 0 aromatic heterocycles. The number of thioether (sulfide) groups is 1. The van der Waals surface area contributed by atoms with Crippen molar-refractivity contribution in [1.82, 2.24) is 4.90 Å². The summed E-state index contributed by atoms with van der Waals surface area (Å²) in [6.45, 7) is 1.40. The van der Waals surface area contributed by atoms with E-state index in [1.165, 1.54) is 18.2 Å². The molecule has 19 heavy (non-hydrogen) atoms. The van der Waals surface area contributed by atoms with Crippen LogP contribution in [-0.2, 0) is 0 Å². The quantitative estimate of drug-likeness (QED) is 0.488. The molecule has 2 rings (SSSR count). The molecule has 102 valence electrons. The number of hydrazine groups is 1. The van der Waals surface area contributed by atoms with E-state index in [1.807, 2.05) is 11.8 Å². The lowest BCUT2D eigenvalue weighted by atomic mass is 10.1. The average Bonchev–Trinajstić information content (AvgIpc) is 2.46. The van der Waals surface area contributed by atoms with Crippen LogP contribution in [0, 0.1) is 10.1 Å². The number of nitro groups is 1. The average molecular weight is 282 g/mol. The van der Waals surface area contributed by atoms with Gasteiger partial charge in [-0.05, 0) is 12.1 Å². The molecule has 3 N–H and O–H groups in total. The van der Waals surface area contributed by atoms with E-state index >= 15 is 0 Å². The monoisotopic (exact) mass is 282 g/mol. The first kappa shape index (κ1) is 13.6. The molecule has 1 heterocycles. The van der Waals surface area contributed by atoms with Crippen molar-refractivity contribution in [2.75, 3.05) is 30.0 Å². The number of amides is 1. The number of nitrogen functional groups attached to an aromatic ring is 1. The summed E-state index contributed by atoms with van der Waals surface area (Å²) in [5, 5.41) is 10.8. The Hall–Kier alpha value is -1.80. The molecule has 1 amide bonds. The maximum Gasteiger partial charge on any atom is 0.293 e.